The van der Waals surface area contributed by atoms with Gasteiger partial charge in [0.25, 0.3) is 0 Å². The molecule has 0 aliphatic heterocycles. The molecular weight excluding hydrogens is 264 g/mol. The Morgan fingerprint density at radius 2 is 1.63 bits per heavy atom. The first kappa shape index (κ1) is 12.7. The fourth-order valence-corrected chi connectivity index (χ4v) is 1.41. The lowest BCUT2D eigenvalue weighted by molar-refractivity contribution is 0.0624. The Morgan fingerprint density at radius 1 is 1.05 bits per heavy atom. The highest BCUT2D eigenvalue weighted by Gasteiger charge is 2.25. The first-order valence-corrected chi connectivity index (χ1v) is 4.82. The lowest BCUT2D eigenvalue weighted by Gasteiger charge is -1.96. The van der Waals surface area contributed by atoms with Crippen LogP contribution in [0, 0.1) is 11.6 Å². The van der Waals surface area contributed by atoms with Crippen LogP contribution in [-0.2, 0) is 0 Å². The van der Waals surface area contributed by atoms with Crippen molar-refractivity contribution in [1.82, 2.24) is 4.98 Å². The highest BCUT2D eigenvalue weighted by molar-refractivity contribution is 5.98. The Labute approximate surface area is 103 Å². The molecule has 1 heterocycles. The van der Waals surface area contributed by atoms with Crippen molar-refractivity contribution in [2.45, 2.75) is 0 Å². The highest BCUT2D eigenvalue weighted by atomic mass is 19.1. The number of aromatic carboxylic acids is 2. The average molecular weight is 269 g/mol. The maximum atomic E-state index is 13.0. The summed E-state index contributed by atoms with van der Waals surface area (Å²) in [4.78, 5) is 24.9. The Hall–Kier alpha value is -2.77. The molecule has 0 atom stereocenters. The van der Waals surface area contributed by atoms with E-state index in [0.717, 1.165) is 12.1 Å². The molecule has 0 bridgehead atoms. The molecule has 0 radical (unpaired) electrons. The van der Waals surface area contributed by atoms with Crippen LogP contribution in [-0.4, -0.2) is 27.1 Å². The normalized spacial score (nSPS) is 10.4. The Balaban J connectivity index is 2.60. The van der Waals surface area contributed by atoms with Crippen molar-refractivity contribution in [2.24, 2.45) is 0 Å². The molecule has 98 valence electrons. The van der Waals surface area contributed by atoms with Crippen LogP contribution in [0.3, 0.4) is 0 Å². The van der Waals surface area contributed by atoms with Crippen molar-refractivity contribution in [3.63, 3.8) is 0 Å². The zero-order valence-corrected chi connectivity index (χ0v) is 9.05. The van der Waals surface area contributed by atoms with Gasteiger partial charge in [-0.15, -0.1) is 0 Å². The number of carboxylic acids is 2. The molecule has 8 heteroatoms. The topological polar surface area (TPSA) is 101 Å². The molecule has 0 spiro atoms. The standard InChI is InChI=1S/C11H5F2NO5/c12-5-1-4(2-6(13)3-5)9-14-7(10(15)16)8(19-9)11(17)18/h1-3H,(H,15,16)(H,17,18). The summed E-state index contributed by atoms with van der Waals surface area (Å²) < 4.78 is 30.7. The quantitative estimate of drug-likeness (QED) is 0.883. The van der Waals surface area contributed by atoms with E-state index >= 15 is 0 Å². The fourth-order valence-electron chi connectivity index (χ4n) is 1.41. The van der Waals surface area contributed by atoms with Crippen molar-refractivity contribution in [2.75, 3.05) is 0 Å². The summed E-state index contributed by atoms with van der Waals surface area (Å²) in [6.07, 6.45) is 0. The third kappa shape index (κ3) is 2.41. The molecule has 0 fully saturated rings. The van der Waals surface area contributed by atoms with Gasteiger partial charge in [0.2, 0.25) is 17.3 Å². The van der Waals surface area contributed by atoms with Gasteiger partial charge >= 0.3 is 11.9 Å². The van der Waals surface area contributed by atoms with Gasteiger partial charge in [-0.25, -0.2) is 23.4 Å². The predicted octanol–water partition coefficient (Wildman–Crippen LogP) is 2.02. The summed E-state index contributed by atoms with van der Waals surface area (Å²) in [7, 11) is 0. The Bertz CT molecular complexity index is 628. The van der Waals surface area contributed by atoms with Crippen molar-refractivity contribution >= 4 is 11.9 Å². The van der Waals surface area contributed by atoms with E-state index in [1.165, 1.54) is 0 Å². The number of halogens is 2. The second-order valence-electron chi connectivity index (χ2n) is 3.47. The molecule has 0 unspecified atom stereocenters. The summed E-state index contributed by atoms with van der Waals surface area (Å²) in [5.41, 5.74) is -1.04. The van der Waals surface area contributed by atoms with Crippen LogP contribution >= 0.6 is 0 Å². The van der Waals surface area contributed by atoms with Crippen molar-refractivity contribution < 1.29 is 33.0 Å². The number of aromatic nitrogens is 1. The molecule has 2 aromatic rings. The number of carboxylic acid groups (broad SMARTS) is 2. The summed E-state index contributed by atoms with van der Waals surface area (Å²) in [6.45, 7) is 0. The number of oxazole rings is 1. The van der Waals surface area contributed by atoms with E-state index in [1.807, 2.05) is 0 Å². The van der Waals surface area contributed by atoms with Crippen LogP contribution in [0.5, 0.6) is 0 Å². The van der Waals surface area contributed by atoms with Gasteiger partial charge < -0.3 is 14.6 Å². The maximum Gasteiger partial charge on any atom is 0.374 e. The Kier molecular flexibility index (Phi) is 2.99. The second-order valence-corrected chi connectivity index (χ2v) is 3.47. The van der Waals surface area contributed by atoms with Crippen LogP contribution in [0.25, 0.3) is 11.5 Å². The molecule has 6 nitrogen and oxygen atoms in total. The SMILES string of the molecule is O=C(O)c1nc(-c2cc(F)cc(F)c2)oc1C(=O)O. The molecule has 0 aliphatic rings. The van der Waals surface area contributed by atoms with E-state index in [4.69, 9.17) is 14.6 Å². The first-order chi connectivity index (χ1) is 8.88. The molecule has 1 aromatic carbocycles. The number of hydrogen-bond donors (Lipinski definition) is 2. The molecular formula is C11H5F2NO5. The summed E-state index contributed by atoms with van der Waals surface area (Å²) in [5, 5.41) is 17.5. The smallest absolute Gasteiger partial charge is 0.374 e. The van der Waals surface area contributed by atoms with Gasteiger partial charge in [-0.3, -0.25) is 0 Å². The summed E-state index contributed by atoms with van der Waals surface area (Å²) in [6, 6.07) is 2.28. The van der Waals surface area contributed by atoms with Crippen LogP contribution < -0.4 is 0 Å². The number of nitrogens with zero attached hydrogens (tertiary/aromatic N) is 1. The summed E-state index contributed by atoms with van der Waals surface area (Å²) >= 11 is 0. The predicted molar refractivity (Wildman–Crippen MR) is 55.8 cm³/mol. The summed E-state index contributed by atoms with van der Waals surface area (Å²) in [5.74, 6) is -6.53. The van der Waals surface area contributed by atoms with E-state index in [2.05, 4.69) is 4.98 Å². The van der Waals surface area contributed by atoms with Crippen molar-refractivity contribution in [3.8, 4) is 11.5 Å². The van der Waals surface area contributed by atoms with Crippen LogP contribution in [0.2, 0.25) is 0 Å². The minimum atomic E-state index is -1.65. The van der Waals surface area contributed by atoms with Crippen LogP contribution in [0.4, 0.5) is 8.78 Å². The zero-order valence-electron chi connectivity index (χ0n) is 9.05. The lowest BCUT2D eigenvalue weighted by Crippen LogP contribution is -2.05. The first-order valence-electron chi connectivity index (χ1n) is 4.82. The second kappa shape index (κ2) is 4.48. The highest BCUT2D eigenvalue weighted by Crippen LogP contribution is 2.24. The van der Waals surface area contributed by atoms with E-state index in [9.17, 15) is 18.4 Å². The number of benzene rings is 1. The van der Waals surface area contributed by atoms with Gasteiger partial charge in [-0.2, -0.15) is 0 Å². The van der Waals surface area contributed by atoms with Gasteiger partial charge in [0, 0.05) is 11.6 Å². The van der Waals surface area contributed by atoms with E-state index in [-0.39, 0.29) is 5.56 Å². The number of hydrogen-bond acceptors (Lipinski definition) is 4. The van der Waals surface area contributed by atoms with Gasteiger partial charge in [-0.05, 0) is 12.1 Å². The number of carbonyl (C=O) groups is 2. The molecule has 1 aromatic heterocycles. The minimum absolute atomic E-state index is 0.201. The molecule has 2 N–H and O–H groups in total. The fraction of sp³-hybridized carbons (Fsp3) is 0. The van der Waals surface area contributed by atoms with Crippen LogP contribution in [0.15, 0.2) is 22.6 Å². The third-order valence-corrected chi connectivity index (χ3v) is 2.13. The van der Waals surface area contributed by atoms with Crippen LogP contribution in [0.1, 0.15) is 21.0 Å². The lowest BCUT2D eigenvalue weighted by atomic mass is 10.2. The maximum absolute atomic E-state index is 13.0. The van der Waals surface area contributed by atoms with E-state index in [1.54, 1.807) is 0 Å². The molecule has 0 saturated heterocycles. The molecule has 0 amide bonds. The molecule has 0 aliphatic carbocycles. The zero-order chi connectivity index (χ0) is 14.2. The third-order valence-electron chi connectivity index (χ3n) is 2.13. The Morgan fingerprint density at radius 3 is 2.05 bits per heavy atom. The van der Waals surface area contributed by atoms with Gasteiger partial charge in [0.05, 0.1) is 0 Å². The van der Waals surface area contributed by atoms with Crippen molar-refractivity contribution in [1.29, 1.82) is 0 Å². The molecule has 2 rings (SSSR count). The van der Waals surface area contributed by atoms with Crippen molar-refractivity contribution in [3.05, 3.63) is 41.3 Å². The molecule has 0 saturated carbocycles. The molecule has 19 heavy (non-hydrogen) atoms. The largest absolute Gasteiger partial charge is 0.476 e. The van der Waals surface area contributed by atoms with Gasteiger partial charge in [0.1, 0.15) is 11.6 Å². The monoisotopic (exact) mass is 269 g/mol. The number of rotatable bonds is 3. The van der Waals surface area contributed by atoms with E-state index in [0.29, 0.717) is 6.07 Å². The average Bonchev–Trinajstić information content (AvgIpc) is 2.72. The van der Waals surface area contributed by atoms with Gasteiger partial charge in [0.15, 0.2) is 0 Å². The minimum Gasteiger partial charge on any atom is -0.476 e. The van der Waals surface area contributed by atoms with E-state index < -0.39 is 40.9 Å². The van der Waals surface area contributed by atoms with Gasteiger partial charge in [-0.1, -0.05) is 0 Å².